The van der Waals surface area contributed by atoms with Crippen LogP contribution in [0.25, 0.3) is 0 Å². The van der Waals surface area contributed by atoms with Crippen molar-refractivity contribution in [3.63, 3.8) is 0 Å². The number of hydrogen-bond acceptors (Lipinski definition) is 10. The maximum atomic E-state index is 12.7. The zero-order valence-corrected chi connectivity index (χ0v) is 39.7. The molecule has 0 spiro atoms. The van der Waals surface area contributed by atoms with Gasteiger partial charge in [0.2, 0.25) is 0 Å². The predicted molar refractivity (Wildman–Crippen MR) is 253 cm³/mol. The zero-order valence-electron chi connectivity index (χ0n) is 37.9. The van der Waals surface area contributed by atoms with Crippen LogP contribution in [0.5, 0.6) is 0 Å². The van der Waals surface area contributed by atoms with Gasteiger partial charge in [0.1, 0.15) is 12.7 Å². The monoisotopic (exact) mass is 924 g/mol. The summed E-state index contributed by atoms with van der Waals surface area (Å²) >= 11 is 0. The minimum absolute atomic E-state index is 0.0411. The smallest absolute Gasteiger partial charge is 0.462 e. The van der Waals surface area contributed by atoms with E-state index in [0.717, 1.165) is 77.0 Å². The maximum Gasteiger partial charge on any atom is 0.472 e. The largest absolute Gasteiger partial charge is 0.472 e. The van der Waals surface area contributed by atoms with Crippen molar-refractivity contribution < 1.29 is 61.6 Å². The SMILES string of the molecule is CC/C=C\C/C=C\C/C=C\C/C=C\C/C=C\CCCCCC(=O)OC[C@H](COP(=O)(O)OC[C@@H](O)COP(=O)(O)O)OC(=O)CCC/C=C\C/C=C\C/C=C\C/C=C\CCCCC. The third-order valence-corrected chi connectivity index (χ3v) is 10.1. The number of carbonyl (C=O) groups excluding carboxylic acids is 2. The molecule has 0 aliphatic rings. The summed E-state index contributed by atoms with van der Waals surface area (Å²) in [5.74, 6) is -1.15. The molecular formula is C48H78O13P2. The second-order valence-electron chi connectivity index (χ2n) is 14.6. The van der Waals surface area contributed by atoms with Crippen LogP contribution < -0.4 is 0 Å². The van der Waals surface area contributed by atoms with E-state index in [-0.39, 0.29) is 12.8 Å². The first-order valence-corrected chi connectivity index (χ1v) is 25.6. The molecule has 358 valence electrons. The van der Waals surface area contributed by atoms with E-state index < -0.39 is 66.2 Å². The van der Waals surface area contributed by atoms with Crippen LogP contribution >= 0.6 is 15.6 Å². The summed E-state index contributed by atoms with van der Waals surface area (Å²) in [7, 11) is -9.72. The number of phosphoric ester groups is 2. The molecule has 0 heterocycles. The van der Waals surface area contributed by atoms with Gasteiger partial charge in [-0.2, -0.15) is 0 Å². The number of unbranched alkanes of at least 4 members (excludes halogenated alkanes) is 7. The van der Waals surface area contributed by atoms with Gasteiger partial charge in [0, 0.05) is 12.8 Å². The second kappa shape index (κ2) is 42.7. The molecule has 0 aromatic heterocycles. The lowest BCUT2D eigenvalue weighted by molar-refractivity contribution is -0.161. The molecule has 4 N–H and O–H groups in total. The van der Waals surface area contributed by atoms with Crippen molar-refractivity contribution >= 4 is 27.6 Å². The summed E-state index contributed by atoms with van der Waals surface area (Å²) in [6.07, 6.45) is 52.3. The van der Waals surface area contributed by atoms with Crippen molar-refractivity contribution in [3.8, 4) is 0 Å². The molecule has 0 rings (SSSR count). The van der Waals surface area contributed by atoms with Crippen LogP contribution in [-0.4, -0.2) is 70.4 Å². The average Bonchev–Trinajstić information content (AvgIpc) is 3.24. The van der Waals surface area contributed by atoms with E-state index in [0.29, 0.717) is 19.3 Å². The Bertz CT molecular complexity index is 1520. The summed E-state index contributed by atoms with van der Waals surface area (Å²) in [6.45, 7) is 1.50. The van der Waals surface area contributed by atoms with Gasteiger partial charge in [-0.05, 0) is 96.3 Å². The highest BCUT2D eigenvalue weighted by molar-refractivity contribution is 7.47. The van der Waals surface area contributed by atoms with E-state index in [2.05, 4.69) is 120 Å². The number of carbonyl (C=O) groups is 2. The molecule has 0 aromatic carbocycles. The Labute approximate surface area is 378 Å². The van der Waals surface area contributed by atoms with E-state index >= 15 is 0 Å². The molecule has 0 bridgehead atoms. The highest BCUT2D eigenvalue weighted by Crippen LogP contribution is 2.43. The maximum absolute atomic E-state index is 12.7. The lowest BCUT2D eigenvalue weighted by Gasteiger charge is -2.20. The van der Waals surface area contributed by atoms with E-state index in [1.54, 1.807) is 0 Å². The average molecular weight is 925 g/mol. The van der Waals surface area contributed by atoms with E-state index in [9.17, 15) is 28.7 Å². The van der Waals surface area contributed by atoms with Crippen molar-refractivity contribution in [2.24, 2.45) is 0 Å². The minimum atomic E-state index is -4.88. The van der Waals surface area contributed by atoms with Gasteiger partial charge in [-0.15, -0.1) is 0 Å². The van der Waals surface area contributed by atoms with Gasteiger partial charge >= 0.3 is 27.6 Å². The summed E-state index contributed by atoms with van der Waals surface area (Å²) in [5.41, 5.74) is 0. The van der Waals surface area contributed by atoms with Crippen LogP contribution in [0, 0.1) is 0 Å². The minimum Gasteiger partial charge on any atom is -0.462 e. The standard InChI is InChI=1S/C48H78O13P2/c1-3-5-7-9-11-13-15-17-19-21-22-24-25-27-29-31-33-35-37-39-47(50)57-43-46(44-60-63(55,56)59-42-45(49)41-58-62(52,53)54)61-48(51)40-38-36-34-32-30-28-26-23-20-18-16-14-12-10-8-6-4-2/h5,7,11-14,17-20,22,24,26-29,32,34,45-46,49H,3-4,6,8-10,15-16,21,23,25,30-31,33,35-44H2,1-2H3,(H,55,56)(H2,52,53,54)/b7-5-,13-11-,14-12-,19-17-,20-18-,24-22-,28-26-,29-27-,34-32-/t45-,46+/m0/s1. The van der Waals surface area contributed by atoms with Crippen LogP contribution in [0.3, 0.4) is 0 Å². The lowest BCUT2D eigenvalue weighted by Crippen LogP contribution is -2.29. The Morgan fingerprint density at radius 3 is 1.37 bits per heavy atom. The Kier molecular flexibility index (Phi) is 40.5. The van der Waals surface area contributed by atoms with Crippen LogP contribution in [0.15, 0.2) is 109 Å². The predicted octanol–water partition coefficient (Wildman–Crippen LogP) is 11.9. The fraction of sp³-hybridized carbons (Fsp3) is 0.583. The summed E-state index contributed by atoms with van der Waals surface area (Å²) in [6, 6.07) is 0. The molecule has 0 aliphatic carbocycles. The van der Waals surface area contributed by atoms with Crippen LogP contribution in [-0.2, 0) is 41.8 Å². The molecule has 0 radical (unpaired) electrons. The molecule has 0 saturated carbocycles. The van der Waals surface area contributed by atoms with Gasteiger partial charge in [0.15, 0.2) is 6.10 Å². The quantitative estimate of drug-likeness (QED) is 0.0196. The van der Waals surface area contributed by atoms with Gasteiger partial charge in [0.05, 0.1) is 19.8 Å². The van der Waals surface area contributed by atoms with Gasteiger partial charge < -0.3 is 29.3 Å². The fourth-order valence-corrected chi connectivity index (χ4v) is 6.40. The van der Waals surface area contributed by atoms with Gasteiger partial charge in [-0.1, -0.05) is 142 Å². The van der Waals surface area contributed by atoms with Crippen molar-refractivity contribution in [2.75, 3.05) is 26.4 Å². The molecule has 0 amide bonds. The Morgan fingerprint density at radius 1 is 0.476 bits per heavy atom. The molecular weight excluding hydrogens is 846 g/mol. The molecule has 0 fully saturated rings. The Balaban J connectivity index is 4.67. The Morgan fingerprint density at radius 2 is 0.889 bits per heavy atom. The van der Waals surface area contributed by atoms with E-state index in [1.165, 1.54) is 19.3 Å². The highest BCUT2D eigenvalue weighted by Gasteiger charge is 2.28. The summed E-state index contributed by atoms with van der Waals surface area (Å²) in [4.78, 5) is 52.7. The molecule has 0 aliphatic heterocycles. The number of rotatable bonds is 41. The zero-order chi connectivity index (χ0) is 46.5. The first-order valence-electron chi connectivity index (χ1n) is 22.6. The molecule has 63 heavy (non-hydrogen) atoms. The topological polar surface area (TPSA) is 195 Å². The van der Waals surface area contributed by atoms with E-state index in [1.807, 2.05) is 12.2 Å². The van der Waals surface area contributed by atoms with Gasteiger partial charge in [-0.3, -0.25) is 23.2 Å². The molecule has 15 heteroatoms. The van der Waals surface area contributed by atoms with Crippen LogP contribution in [0.1, 0.15) is 142 Å². The summed E-state index contributed by atoms with van der Waals surface area (Å²) < 4.78 is 47.7. The van der Waals surface area contributed by atoms with Crippen molar-refractivity contribution in [3.05, 3.63) is 109 Å². The van der Waals surface area contributed by atoms with Crippen molar-refractivity contribution in [2.45, 2.75) is 154 Å². The van der Waals surface area contributed by atoms with E-state index in [4.69, 9.17) is 23.8 Å². The first-order chi connectivity index (χ1) is 30.4. The molecule has 1 unspecified atom stereocenters. The number of ether oxygens (including phenoxy) is 2. The van der Waals surface area contributed by atoms with Crippen LogP contribution in [0.4, 0.5) is 0 Å². The van der Waals surface area contributed by atoms with Crippen molar-refractivity contribution in [1.29, 1.82) is 0 Å². The lowest BCUT2D eigenvalue weighted by atomic mass is 10.1. The third-order valence-electron chi connectivity index (χ3n) is 8.64. The van der Waals surface area contributed by atoms with Gasteiger partial charge in [0.25, 0.3) is 0 Å². The molecule has 0 saturated heterocycles. The normalized spacial score (nSPS) is 15.0. The number of aliphatic hydroxyl groups excluding tert-OH is 1. The van der Waals surface area contributed by atoms with Gasteiger partial charge in [-0.25, -0.2) is 9.13 Å². The Hall–Kier alpha value is -3.22. The molecule has 0 aromatic rings. The first kappa shape index (κ1) is 59.8. The summed E-state index contributed by atoms with van der Waals surface area (Å²) in [5, 5.41) is 9.75. The number of phosphoric acid groups is 2. The van der Waals surface area contributed by atoms with Crippen molar-refractivity contribution in [1.82, 2.24) is 0 Å². The number of allylic oxidation sites excluding steroid dienone is 18. The number of aliphatic hydroxyl groups is 1. The third kappa shape index (κ3) is 46.6. The number of hydrogen-bond donors (Lipinski definition) is 4. The van der Waals surface area contributed by atoms with Crippen LogP contribution in [0.2, 0.25) is 0 Å². The fourth-order valence-electron chi connectivity index (χ4n) is 5.25. The second-order valence-corrected chi connectivity index (χ2v) is 17.3. The number of esters is 2. The highest BCUT2D eigenvalue weighted by atomic mass is 31.2. The molecule has 3 atom stereocenters. The molecule has 13 nitrogen and oxygen atoms in total.